The molecule has 0 fully saturated rings. The van der Waals surface area contributed by atoms with Gasteiger partial charge in [-0.25, -0.2) is 13.8 Å². The van der Waals surface area contributed by atoms with Gasteiger partial charge in [0.2, 0.25) is 0 Å². The second-order valence-electron chi connectivity index (χ2n) is 5.29. The Morgan fingerprint density at radius 3 is 2.52 bits per heavy atom. The molecule has 4 nitrogen and oxygen atoms in total. The van der Waals surface area contributed by atoms with Crippen LogP contribution in [0.15, 0.2) is 51.6 Å². The van der Waals surface area contributed by atoms with Crippen LogP contribution in [-0.4, -0.2) is 25.6 Å². The van der Waals surface area contributed by atoms with Crippen LogP contribution < -0.4 is 10.1 Å². The lowest BCUT2D eigenvalue weighted by atomic mass is 10.2. The Balaban J connectivity index is 2.25. The van der Waals surface area contributed by atoms with Crippen molar-refractivity contribution in [1.82, 2.24) is 5.32 Å². The second-order valence-corrected chi connectivity index (χ2v) is 6.96. The first-order valence-corrected chi connectivity index (χ1v) is 9.77. The minimum absolute atomic E-state index is 0.616. The molecule has 8 heteroatoms. The number of aliphatic imine (C=N–C) groups is 1. The summed E-state index contributed by atoms with van der Waals surface area (Å²) in [7, 11) is 1.58. The SMILES string of the molecule is COc1ccc(Br)c(/C(SC)=C(\C)N=CNC(=O)c2c(F)cccc2F)c1. The van der Waals surface area contributed by atoms with Crippen LogP contribution in [0.1, 0.15) is 22.8 Å². The van der Waals surface area contributed by atoms with E-state index in [1.54, 1.807) is 14.0 Å². The predicted molar refractivity (Wildman–Crippen MR) is 109 cm³/mol. The molecule has 2 rings (SSSR count). The van der Waals surface area contributed by atoms with Gasteiger partial charge in [0.05, 0.1) is 19.1 Å². The largest absolute Gasteiger partial charge is 0.497 e. The second kappa shape index (κ2) is 9.66. The minimum Gasteiger partial charge on any atom is -0.497 e. The molecule has 0 heterocycles. The van der Waals surface area contributed by atoms with Gasteiger partial charge in [0.1, 0.15) is 22.9 Å². The number of allylic oxidation sites excluding steroid dienone is 1. The molecule has 1 amide bonds. The van der Waals surface area contributed by atoms with Gasteiger partial charge in [0.15, 0.2) is 0 Å². The highest BCUT2D eigenvalue weighted by atomic mass is 79.9. The Morgan fingerprint density at radius 1 is 1.26 bits per heavy atom. The van der Waals surface area contributed by atoms with E-state index >= 15 is 0 Å². The predicted octanol–water partition coefficient (Wildman–Crippen LogP) is 5.25. The Bertz CT molecular complexity index is 896. The summed E-state index contributed by atoms with van der Waals surface area (Å²) < 4.78 is 33.4. The number of rotatable bonds is 6. The van der Waals surface area contributed by atoms with E-state index in [1.807, 2.05) is 24.5 Å². The molecule has 2 aromatic rings. The highest BCUT2D eigenvalue weighted by Crippen LogP contribution is 2.36. The van der Waals surface area contributed by atoms with E-state index in [-0.39, 0.29) is 0 Å². The zero-order chi connectivity index (χ0) is 20.0. The maximum Gasteiger partial charge on any atom is 0.262 e. The molecule has 0 unspecified atom stereocenters. The first-order valence-electron chi connectivity index (χ1n) is 7.75. The smallest absolute Gasteiger partial charge is 0.262 e. The van der Waals surface area contributed by atoms with Crippen LogP contribution in [0.3, 0.4) is 0 Å². The summed E-state index contributed by atoms with van der Waals surface area (Å²) >= 11 is 4.97. The number of thioether (sulfide) groups is 1. The molecule has 0 aliphatic heterocycles. The van der Waals surface area contributed by atoms with Crippen LogP contribution in [0.2, 0.25) is 0 Å². The summed E-state index contributed by atoms with van der Waals surface area (Å²) in [6.07, 6.45) is 3.02. The number of nitrogens with zero attached hydrogens (tertiary/aromatic N) is 1. The average molecular weight is 455 g/mol. The molecule has 0 aliphatic rings. The van der Waals surface area contributed by atoms with Crippen molar-refractivity contribution in [1.29, 1.82) is 0 Å². The van der Waals surface area contributed by atoms with E-state index < -0.39 is 23.1 Å². The van der Waals surface area contributed by atoms with Gasteiger partial charge in [0, 0.05) is 14.9 Å². The molecular weight excluding hydrogens is 438 g/mol. The van der Waals surface area contributed by atoms with E-state index in [0.717, 1.165) is 33.4 Å². The van der Waals surface area contributed by atoms with Crippen LogP contribution >= 0.6 is 27.7 Å². The minimum atomic E-state index is -0.932. The molecule has 0 aromatic heterocycles. The molecular formula is C19H17BrF2N2O2S. The third-order valence-corrected chi connectivity index (χ3v) is 5.21. The number of halogens is 3. The number of methoxy groups -OCH3 is 1. The van der Waals surface area contributed by atoms with Crippen molar-refractivity contribution in [3.8, 4) is 5.75 Å². The number of carbonyl (C=O) groups excluding carboxylic acids is 1. The third kappa shape index (κ3) is 5.17. The van der Waals surface area contributed by atoms with Crippen LogP contribution in [0.25, 0.3) is 4.91 Å². The summed E-state index contributed by atoms with van der Waals surface area (Å²) in [5.74, 6) is -2.08. The Hall–Kier alpha value is -2.19. The monoisotopic (exact) mass is 454 g/mol. The molecule has 1 N–H and O–H groups in total. The summed E-state index contributed by atoms with van der Waals surface area (Å²) in [5.41, 5.74) is 0.847. The number of carbonyl (C=O) groups is 1. The van der Waals surface area contributed by atoms with Crippen LogP contribution in [0.4, 0.5) is 8.78 Å². The van der Waals surface area contributed by atoms with Gasteiger partial charge in [-0.2, -0.15) is 0 Å². The number of benzene rings is 2. The topological polar surface area (TPSA) is 50.7 Å². The van der Waals surface area contributed by atoms with E-state index in [1.165, 1.54) is 17.8 Å². The average Bonchev–Trinajstić information content (AvgIpc) is 2.63. The summed E-state index contributed by atoms with van der Waals surface area (Å²) in [5, 5.41) is 2.29. The molecule has 0 saturated carbocycles. The summed E-state index contributed by atoms with van der Waals surface area (Å²) in [6.45, 7) is 1.77. The highest BCUT2D eigenvalue weighted by Gasteiger charge is 2.16. The lowest BCUT2D eigenvalue weighted by Gasteiger charge is -2.11. The Kier molecular flexibility index (Phi) is 7.55. The van der Waals surface area contributed by atoms with Gasteiger partial charge in [-0.05, 0) is 43.5 Å². The quantitative estimate of drug-likeness (QED) is 0.479. The summed E-state index contributed by atoms with van der Waals surface area (Å²) in [4.78, 5) is 17.0. The maximum atomic E-state index is 13.6. The van der Waals surface area contributed by atoms with Crippen molar-refractivity contribution in [2.75, 3.05) is 13.4 Å². The van der Waals surface area contributed by atoms with E-state index in [2.05, 4.69) is 26.2 Å². The fraction of sp³-hybridized carbons (Fsp3) is 0.158. The van der Waals surface area contributed by atoms with Crippen molar-refractivity contribution in [2.24, 2.45) is 4.99 Å². The van der Waals surface area contributed by atoms with Crippen molar-refractivity contribution < 1.29 is 18.3 Å². The Labute approximate surface area is 168 Å². The van der Waals surface area contributed by atoms with Crippen molar-refractivity contribution in [3.63, 3.8) is 0 Å². The molecule has 0 atom stereocenters. The lowest BCUT2D eigenvalue weighted by molar-refractivity contribution is 0.0970. The maximum absolute atomic E-state index is 13.6. The van der Waals surface area contributed by atoms with Gasteiger partial charge in [-0.1, -0.05) is 22.0 Å². The third-order valence-electron chi connectivity index (χ3n) is 3.59. The molecule has 0 aliphatic carbocycles. The summed E-state index contributed by atoms with van der Waals surface area (Å²) in [6, 6.07) is 8.79. The number of hydrogen-bond donors (Lipinski definition) is 1. The van der Waals surface area contributed by atoms with Gasteiger partial charge < -0.3 is 10.1 Å². The number of amides is 1. The number of hydrogen-bond acceptors (Lipinski definition) is 4. The van der Waals surface area contributed by atoms with Crippen molar-refractivity contribution in [3.05, 3.63) is 69.3 Å². The van der Waals surface area contributed by atoms with Gasteiger partial charge in [-0.15, -0.1) is 11.8 Å². The molecule has 0 saturated heterocycles. The lowest BCUT2D eigenvalue weighted by Crippen LogP contribution is -2.24. The highest BCUT2D eigenvalue weighted by molar-refractivity contribution is 9.10. The molecule has 0 spiro atoms. The Morgan fingerprint density at radius 2 is 1.93 bits per heavy atom. The molecule has 2 aromatic carbocycles. The first kappa shape index (κ1) is 21.1. The van der Waals surface area contributed by atoms with Crippen LogP contribution in [0, 0.1) is 11.6 Å². The molecule has 27 heavy (non-hydrogen) atoms. The van der Waals surface area contributed by atoms with E-state index in [0.29, 0.717) is 11.4 Å². The normalized spacial score (nSPS) is 12.1. The fourth-order valence-electron chi connectivity index (χ4n) is 2.29. The standard InChI is InChI=1S/C19H17BrF2N2O2S/c1-11(18(27-3)13-9-12(26-2)7-8-14(13)20)23-10-24-19(25)17-15(21)5-4-6-16(17)22/h4-10H,1-3H3,(H,23,24,25)/b18-11-. The molecule has 142 valence electrons. The zero-order valence-corrected chi connectivity index (χ0v) is 17.2. The van der Waals surface area contributed by atoms with Gasteiger partial charge in [-0.3, -0.25) is 4.79 Å². The zero-order valence-electron chi connectivity index (χ0n) is 14.8. The fourth-order valence-corrected chi connectivity index (χ4v) is 3.60. The first-order chi connectivity index (χ1) is 12.9. The van der Waals surface area contributed by atoms with Gasteiger partial charge >= 0.3 is 0 Å². The van der Waals surface area contributed by atoms with Crippen LogP contribution in [-0.2, 0) is 0 Å². The molecule has 0 radical (unpaired) electrons. The molecule has 0 bridgehead atoms. The van der Waals surface area contributed by atoms with E-state index in [9.17, 15) is 13.6 Å². The van der Waals surface area contributed by atoms with E-state index in [4.69, 9.17) is 4.74 Å². The van der Waals surface area contributed by atoms with Crippen molar-refractivity contribution in [2.45, 2.75) is 6.92 Å². The van der Waals surface area contributed by atoms with Crippen molar-refractivity contribution >= 4 is 44.8 Å². The van der Waals surface area contributed by atoms with Gasteiger partial charge in [0.25, 0.3) is 5.91 Å². The van der Waals surface area contributed by atoms with Crippen LogP contribution in [0.5, 0.6) is 5.75 Å². The number of nitrogens with one attached hydrogen (secondary N) is 1. The number of ether oxygens (including phenoxy) is 1.